The lowest BCUT2D eigenvalue weighted by Crippen LogP contribution is -2.33. The first-order valence-electron chi connectivity index (χ1n) is 7.03. The van der Waals surface area contributed by atoms with Gasteiger partial charge in [0.05, 0.1) is 5.38 Å². The molecule has 1 aliphatic heterocycles. The highest BCUT2D eigenvalue weighted by atomic mass is 35.5. The number of allylic oxidation sites excluding steroid dienone is 2. The number of thioether (sulfide) groups is 1. The third kappa shape index (κ3) is 2.87. The van der Waals surface area contributed by atoms with Gasteiger partial charge in [-0.15, -0.1) is 23.4 Å². The molecule has 1 fully saturated rings. The Morgan fingerprint density at radius 3 is 2.80 bits per heavy atom. The molecule has 1 heterocycles. The summed E-state index contributed by atoms with van der Waals surface area (Å²) in [5.74, 6) is 0.510. The zero-order valence-electron chi connectivity index (χ0n) is 11.2. The Morgan fingerprint density at radius 1 is 1.20 bits per heavy atom. The van der Waals surface area contributed by atoms with Gasteiger partial charge in [0.1, 0.15) is 0 Å². The topological polar surface area (TPSA) is 17.1 Å². The molecule has 0 N–H and O–H groups in total. The van der Waals surface area contributed by atoms with Crippen molar-refractivity contribution in [2.75, 3.05) is 0 Å². The van der Waals surface area contributed by atoms with Gasteiger partial charge in [-0.3, -0.25) is 4.79 Å². The SMILES string of the molecule is O=C1C(Cl)CCCC1C1C=CSC1=Cc1ccccc1. The maximum atomic E-state index is 12.3. The predicted molar refractivity (Wildman–Crippen MR) is 86.6 cm³/mol. The van der Waals surface area contributed by atoms with Crippen LogP contribution in [0.5, 0.6) is 0 Å². The van der Waals surface area contributed by atoms with Crippen LogP contribution in [0.2, 0.25) is 0 Å². The summed E-state index contributed by atoms with van der Waals surface area (Å²) in [5.41, 5.74) is 1.19. The Morgan fingerprint density at radius 2 is 2.00 bits per heavy atom. The Kier molecular flexibility index (Phi) is 4.32. The zero-order chi connectivity index (χ0) is 13.9. The fraction of sp³-hybridized carbons (Fsp3) is 0.353. The number of carbonyl (C=O) groups excluding carboxylic acids is 1. The maximum absolute atomic E-state index is 12.3. The zero-order valence-corrected chi connectivity index (χ0v) is 12.7. The fourth-order valence-corrected chi connectivity index (χ4v) is 4.27. The van der Waals surface area contributed by atoms with E-state index in [9.17, 15) is 4.79 Å². The summed E-state index contributed by atoms with van der Waals surface area (Å²) in [6.45, 7) is 0. The predicted octanol–water partition coefficient (Wildman–Crippen LogP) is 4.88. The van der Waals surface area contributed by atoms with Gasteiger partial charge in [0.2, 0.25) is 0 Å². The van der Waals surface area contributed by atoms with E-state index in [0.717, 1.165) is 19.3 Å². The Hall–Kier alpha value is -0.990. The molecule has 0 bridgehead atoms. The van der Waals surface area contributed by atoms with Crippen LogP contribution in [0.15, 0.2) is 46.7 Å². The normalized spacial score (nSPS) is 31.9. The standard InChI is InChI=1S/C17H17ClOS/c18-15-8-4-7-14(17(15)19)13-9-10-20-16(13)11-12-5-2-1-3-6-12/h1-3,5-6,9-11,13-15H,4,7-8H2. The number of alkyl halides is 1. The van der Waals surface area contributed by atoms with E-state index in [1.807, 2.05) is 18.2 Å². The van der Waals surface area contributed by atoms with E-state index in [1.165, 1.54) is 10.5 Å². The third-order valence-corrected chi connectivity index (χ3v) is 5.40. The molecule has 1 aromatic carbocycles. The van der Waals surface area contributed by atoms with E-state index < -0.39 is 0 Å². The van der Waals surface area contributed by atoms with Crippen LogP contribution in [0.3, 0.4) is 0 Å². The summed E-state index contributed by atoms with van der Waals surface area (Å²) in [4.78, 5) is 13.6. The summed E-state index contributed by atoms with van der Waals surface area (Å²) in [7, 11) is 0. The summed E-state index contributed by atoms with van der Waals surface area (Å²) in [5, 5.41) is 1.82. The lowest BCUT2D eigenvalue weighted by atomic mass is 9.78. The van der Waals surface area contributed by atoms with Crippen LogP contribution >= 0.6 is 23.4 Å². The molecule has 1 nitrogen and oxygen atoms in total. The molecule has 20 heavy (non-hydrogen) atoms. The number of carbonyl (C=O) groups is 1. The summed E-state index contributed by atoms with van der Waals surface area (Å²) in [6.07, 6.45) is 7.21. The number of benzene rings is 1. The van der Waals surface area contributed by atoms with Crippen molar-refractivity contribution in [1.82, 2.24) is 0 Å². The van der Waals surface area contributed by atoms with Gasteiger partial charge in [0, 0.05) is 11.8 Å². The third-order valence-electron chi connectivity index (χ3n) is 4.01. The number of rotatable bonds is 2. The van der Waals surface area contributed by atoms with Crippen LogP contribution in [0, 0.1) is 11.8 Å². The van der Waals surface area contributed by atoms with Crippen LogP contribution in [0.1, 0.15) is 24.8 Å². The van der Waals surface area contributed by atoms with Gasteiger partial charge in [-0.05, 0) is 34.8 Å². The van der Waals surface area contributed by atoms with E-state index in [0.29, 0.717) is 0 Å². The fourth-order valence-electron chi connectivity index (χ4n) is 2.94. The molecule has 3 heteroatoms. The van der Waals surface area contributed by atoms with Gasteiger partial charge in [-0.1, -0.05) is 42.8 Å². The van der Waals surface area contributed by atoms with Crippen molar-refractivity contribution in [2.45, 2.75) is 24.6 Å². The molecule has 3 atom stereocenters. The highest BCUT2D eigenvalue weighted by Gasteiger charge is 2.37. The molecule has 0 radical (unpaired) electrons. The van der Waals surface area contributed by atoms with Gasteiger partial charge in [-0.2, -0.15) is 0 Å². The molecular weight excluding hydrogens is 288 g/mol. The van der Waals surface area contributed by atoms with Gasteiger partial charge < -0.3 is 0 Å². The first-order valence-corrected chi connectivity index (χ1v) is 8.35. The van der Waals surface area contributed by atoms with Crippen molar-refractivity contribution in [3.8, 4) is 0 Å². The quantitative estimate of drug-likeness (QED) is 0.724. The first kappa shape index (κ1) is 14.0. The van der Waals surface area contributed by atoms with Crippen molar-refractivity contribution in [2.24, 2.45) is 11.8 Å². The highest BCUT2D eigenvalue weighted by Crippen LogP contribution is 2.43. The van der Waals surface area contributed by atoms with Gasteiger partial charge in [-0.25, -0.2) is 0 Å². The first-order chi connectivity index (χ1) is 9.75. The molecule has 1 saturated carbocycles. The summed E-state index contributed by atoms with van der Waals surface area (Å²) in [6, 6.07) is 10.3. The molecule has 3 rings (SSSR count). The number of Topliss-reactive ketones (excluding diaryl/α,β-unsaturated/α-hetero) is 1. The smallest absolute Gasteiger partial charge is 0.154 e. The number of halogens is 1. The average Bonchev–Trinajstić information content (AvgIpc) is 2.91. The van der Waals surface area contributed by atoms with Crippen molar-refractivity contribution in [1.29, 1.82) is 0 Å². The van der Waals surface area contributed by atoms with Crippen LogP contribution < -0.4 is 0 Å². The molecule has 0 aromatic heterocycles. The number of ketones is 1. The summed E-state index contributed by atoms with van der Waals surface area (Å²) >= 11 is 7.88. The number of hydrogen-bond acceptors (Lipinski definition) is 2. The second-order valence-electron chi connectivity index (χ2n) is 5.34. The van der Waals surface area contributed by atoms with Crippen molar-refractivity contribution >= 4 is 35.2 Å². The maximum Gasteiger partial charge on any atom is 0.154 e. The largest absolute Gasteiger partial charge is 0.298 e. The Balaban J connectivity index is 1.83. The molecule has 1 aliphatic carbocycles. The lowest BCUT2D eigenvalue weighted by molar-refractivity contribution is -0.124. The molecule has 104 valence electrons. The van der Waals surface area contributed by atoms with Gasteiger partial charge in [0.15, 0.2) is 5.78 Å². The van der Waals surface area contributed by atoms with E-state index in [2.05, 4.69) is 29.7 Å². The van der Waals surface area contributed by atoms with Gasteiger partial charge >= 0.3 is 0 Å². The minimum atomic E-state index is -0.286. The molecule has 0 spiro atoms. The Bertz CT molecular complexity index is 549. The molecule has 0 saturated heterocycles. The Labute approximate surface area is 129 Å². The number of hydrogen-bond donors (Lipinski definition) is 0. The van der Waals surface area contributed by atoms with E-state index in [1.54, 1.807) is 11.8 Å². The molecule has 1 aromatic rings. The molecular formula is C17H17ClOS. The van der Waals surface area contributed by atoms with Crippen molar-refractivity contribution in [3.63, 3.8) is 0 Å². The minimum Gasteiger partial charge on any atom is -0.298 e. The van der Waals surface area contributed by atoms with Crippen LogP contribution in [0.4, 0.5) is 0 Å². The van der Waals surface area contributed by atoms with E-state index in [4.69, 9.17) is 11.6 Å². The van der Waals surface area contributed by atoms with Crippen molar-refractivity contribution in [3.05, 3.63) is 52.3 Å². The molecule has 2 aliphatic rings. The highest BCUT2D eigenvalue weighted by molar-refractivity contribution is 8.06. The van der Waals surface area contributed by atoms with E-state index in [-0.39, 0.29) is 23.0 Å². The minimum absolute atomic E-state index is 0.0625. The van der Waals surface area contributed by atoms with Crippen LogP contribution in [-0.4, -0.2) is 11.2 Å². The van der Waals surface area contributed by atoms with Crippen molar-refractivity contribution < 1.29 is 4.79 Å². The molecule has 0 amide bonds. The second kappa shape index (κ2) is 6.19. The monoisotopic (exact) mass is 304 g/mol. The van der Waals surface area contributed by atoms with Crippen LogP contribution in [-0.2, 0) is 4.79 Å². The van der Waals surface area contributed by atoms with Crippen LogP contribution in [0.25, 0.3) is 6.08 Å². The van der Waals surface area contributed by atoms with Gasteiger partial charge in [0.25, 0.3) is 0 Å². The van der Waals surface area contributed by atoms with E-state index >= 15 is 0 Å². The molecule has 3 unspecified atom stereocenters. The summed E-state index contributed by atoms with van der Waals surface area (Å²) < 4.78 is 0. The lowest BCUT2D eigenvalue weighted by Gasteiger charge is -2.28. The second-order valence-corrected chi connectivity index (χ2v) is 6.84. The average molecular weight is 305 g/mol.